The van der Waals surface area contributed by atoms with Crippen LogP contribution < -0.4 is 103 Å². The highest BCUT2D eigenvalue weighted by Crippen LogP contribution is 2.23. The summed E-state index contributed by atoms with van der Waals surface area (Å²) in [5, 5.41) is 103. The highest BCUT2D eigenvalue weighted by atomic mass is 32.1. The number of aliphatic carboxylic acids is 1. The maximum absolute atomic E-state index is 15.0. The fourth-order valence-corrected chi connectivity index (χ4v) is 14.6. The molecule has 5 aromatic rings. The van der Waals surface area contributed by atoms with Crippen LogP contribution >= 0.6 is 25.3 Å². The number of hydrogen-bond acceptors (Lipinski definition) is 29. The number of hydrogen-bond donors (Lipinski definition) is 29. The minimum Gasteiger partial charge on any atom is -0.508 e. The number of H-pyrrole nitrogens is 1. The van der Waals surface area contributed by atoms with Crippen LogP contribution in [0.3, 0.4) is 0 Å². The topological polar surface area (TPSA) is 769 Å². The summed E-state index contributed by atoms with van der Waals surface area (Å²) in [5.74, 6) is -18.9. The summed E-state index contributed by atoms with van der Waals surface area (Å²) < 4.78 is 0. The van der Waals surface area contributed by atoms with Gasteiger partial charge in [-0.1, -0.05) is 48.5 Å². The molecule has 1 fully saturated rings. The first kappa shape index (κ1) is 111. The zero-order valence-electron chi connectivity index (χ0n) is 75.4. The van der Waals surface area contributed by atoms with E-state index in [0.29, 0.717) is 40.8 Å². The van der Waals surface area contributed by atoms with Gasteiger partial charge in [0, 0.05) is 75.6 Å². The number of nitrogens with two attached hydrogens (primary N) is 5. The molecule has 16 atom stereocenters. The molecule has 0 bridgehead atoms. The van der Waals surface area contributed by atoms with E-state index in [-0.39, 0.29) is 113 Å². The van der Waals surface area contributed by atoms with Gasteiger partial charge in [-0.3, -0.25) is 82.1 Å². The van der Waals surface area contributed by atoms with E-state index in [9.17, 15) is 112 Å². The smallest absolute Gasteiger partial charge is 0.326 e. The molecular weight excluding hydrogens is 1810 g/mol. The third-order valence-corrected chi connectivity index (χ3v) is 22.7. The van der Waals surface area contributed by atoms with Crippen LogP contribution in [0.1, 0.15) is 113 Å². The zero-order chi connectivity index (χ0) is 101. The van der Waals surface area contributed by atoms with Crippen LogP contribution in [0.4, 0.5) is 0 Å². The summed E-state index contributed by atoms with van der Waals surface area (Å²) in [6.07, 6.45) is 0.961. The number of thiol groups is 2. The third kappa shape index (κ3) is 36.1. The number of likely N-dealkylation sites (N-methyl/N-ethyl adjacent to an activating group) is 1. The molecule has 742 valence electrons. The summed E-state index contributed by atoms with van der Waals surface area (Å²) >= 11 is 8.56. The highest BCUT2D eigenvalue weighted by Gasteiger charge is 2.42. The second-order valence-corrected chi connectivity index (χ2v) is 33.3. The molecule has 0 aliphatic carbocycles. The zero-order valence-corrected chi connectivity index (χ0v) is 77.2. The number of rotatable bonds is 56. The molecule has 4 aromatic carbocycles. The average molecular weight is 1940 g/mol. The van der Waals surface area contributed by atoms with Gasteiger partial charge >= 0.3 is 5.97 Å². The molecule has 1 saturated heterocycles. The van der Waals surface area contributed by atoms with Gasteiger partial charge in [0.15, 0.2) is 5.96 Å². The number of likely N-dealkylation sites (tertiary alicyclic amines) is 1. The first-order chi connectivity index (χ1) is 64.6. The summed E-state index contributed by atoms with van der Waals surface area (Å²) in [6, 6.07) is -2.34. The Kier molecular flexibility index (Phi) is 45.4. The van der Waals surface area contributed by atoms with E-state index in [0.717, 1.165) is 9.80 Å². The van der Waals surface area contributed by atoms with Crippen molar-refractivity contribution in [3.05, 3.63) is 138 Å². The Labute approximate surface area is 793 Å². The molecule has 0 radical (unpaired) electrons. The van der Waals surface area contributed by atoms with Crippen molar-refractivity contribution in [1.29, 1.82) is 5.41 Å². The molecule has 136 heavy (non-hydrogen) atoms. The van der Waals surface area contributed by atoms with Crippen molar-refractivity contribution >= 4 is 132 Å². The lowest BCUT2D eigenvalue weighted by atomic mass is 10.0. The van der Waals surface area contributed by atoms with E-state index in [1.807, 2.05) is 0 Å². The highest BCUT2D eigenvalue weighted by molar-refractivity contribution is 7.80. The molecule has 0 spiro atoms. The first-order valence-electron chi connectivity index (χ1n) is 43.8. The predicted molar refractivity (Wildman–Crippen MR) is 498 cm³/mol. The van der Waals surface area contributed by atoms with Gasteiger partial charge in [0.25, 0.3) is 0 Å². The number of phenolic OH excluding ortho intramolecular Hbond substituents is 4. The Morgan fingerprint density at radius 2 is 0.824 bits per heavy atom. The number of aromatic amines is 1. The Morgan fingerprint density at radius 1 is 0.463 bits per heavy atom. The number of imidazole rings is 1. The molecule has 16 amide bonds. The van der Waals surface area contributed by atoms with Gasteiger partial charge in [0.05, 0.1) is 19.0 Å². The van der Waals surface area contributed by atoms with Crippen molar-refractivity contribution in [2.45, 2.75) is 214 Å². The maximum Gasteiger partial charge on any atom is 0.326 e. The standard InChI is InChI=1S/C87H124N24O23S2/c1-45(98-81(128)66(41-112)107-83(130)67(42-135)108-72(119)46(2)97-77(124)65(39-52-40-94-44-96-52)104-73(120)57(90)35-48-12-20-53(113)21-13-48)71(118)103-62(36-49-14-22-54(114)23-15-49)78(125)101-60(30-32-89)76(123)99-58(10-7-33-95-87(92)93)74(121)105-64(38-51-18-26-56(116)27-19-51)80(127)109-68(43-136)82(129)106-63(37-50-16-24-55(115)25-17-50)79(126)100-59(28-29-70(91)117)75(122)102-61(9-5-6-31-88)85(132)110(4)47(3)84(131)111-34-8-11-69(111)86(133)134/h12-27,40,44-47,57-69,112-116,135-136H,5-11,28-39,41-43,88-90H2,1-4H3,(H2,91,117)(H,94,96)(H,97,124)(H,98,128)(H,99,123)(H,100,126)(H,101,125)(H,102,122)(H,103,118)(H,104,120)(H,105,121)(H,106,129)(H,107,130)(H,108,119)(H,109,127)(H,133,134)(H4,92,93,95)/t45-,46-,47-,57-,58-,59-,60-,61-,62-,63-,64-,65-,66-,67-,68-,69-/m0/s1. The number of aliphatic hydroxyl groups is 1. The number of aliphatic hydroxyl groups excluding tert-OH is 1. The number of amides is 16. The number of benzene rings is 4. The minimum absolute atomic E-state index is 0.00947. The van der Waals surface area contributed by atoms with Crippen molar-refractivity contribution in [2.24, 2.45) is 28.7 Å². The van der Waals surface area contributed by atoms with Gasteiger partial charge in [-0.2, -0.15) is 25.3 Å². The molecule has 32 N–H and O–H groups in total. The number of carboxylic acids is 1. The summed E-state index contributed by atoms with van der Waals surface area (Å²) in [4.78, 5) is 247. The van der Waals surface area contributed by atoms with E-state index in [4.69, 9.17) is 34.1 Å². The molecule has 49 heteroatoms. The van der Waals surface area contributed by atoms with Crippen molar-refractivity contribution in [1.82, 2.24) is 94.2 Å². The van der Waals surface area contributed by atoms with Crippen molar-refractivity contribution in [2.75, 3.05) is 51.3 Å². The number of carbonyl (C=O) groups is 17. The number of primary amides is 1. The predicted octanol–water partition coefficient (Wildman–Crippen LogP) is -6.80. The second kappa shape index (κ2) is 55.7. The molecule has 6 rings (SSSR count). The van der Waals surface area contributed by atoms with Gasteiger partial charge < -0.3 is 149 Å². The van der Waals surface area contributed by atoms with Crippen LogP contribution in [0.25, 0.3) is 0 Å². The molecule has 1 aliphatic rings. The van der Waals surface area contributed by atoms with Gasteiger partial charge in [-0.15, -0.1) is 0 Å². The lowest BCUT2D eigenvalue weighted by Crippen LogP contribution is -2.61. The van der Waals surface area contributed by atoms with Crippen LogP contribution in [0, 0.1) is 5.41 Å². The molecule has 1 aliphatic heterocycles. The van der Waals surface area contributed by atoms with Gasteiger partial charge in [-0.25, -0.2) is 9.78 Å². The summed E-state index contributed by atoms with van der Waals surface area (Å²) in [7, 11) is 1.29. The number of carboxylic acid groups (broad SMARTS) is 1. The average Bonchev–Trinajstić information content (AvgIpc) is 1.61. The Bertz CT molecular complexity index is 4920. The van der Waals surface area contributed by atoms with Gasteiger partial charge in [-0.05, 0) is 169 Å². The summed E-state index contributed by atoms with van der Waals surface area (Å²) in [5.41, 5.74) is 31.1. The molecule has 1 aromatic heterocycles. The lowest BCUT2D eigenvalue weighted by Gasteiger charge is -2.33. The van der Waals surface area contributed by atoms with Crippen molar-refractivity contribution in [3.63, 3.8) is 0 Å². The number of nitrogens with zero attached hydrogens (tertiary/aromatic N) is 3. The molecular formula is C87H124N24O23S2. The van der Waals surface area contributed by atoms with Crippen LogP contribution in [0.5, 0.6) is 23.0 Å². The lowest BCUT2D eigenvalue weighted by molar-refractivity contribution is -0.152. The molecule has 47 nitrogen and oxygen atoms in total. The maximum atomic E-state index is 15.0. The number of aromatic nitrogens is 2. The quantitative estimate of drug-likeness (QED) is 0.00745. The largest absolute Gasteiger partial charge is 0.508 e. The SMILES string of the molecule is C[C@H](NC(=O)[C@H](CO)NC(=O)[C@H](CS)NC(=O)[C@H](C)NC(=O)[C@H](Cc1cnc[nH]1)NC(=O)[C@@H](N)Cc1ccc(O)cc1)C(=O)N[C@@H](Cc1ccc(O)cc1)C(=O)N[C@@H](CCN)C(=O)N[C@@H](CCCNC(=N)N)C(=O)N[C@@H](Cc1ccc(O)cc1)C(=O)N[C@@H](CS)C(=O)N[C@@H](Cc1ccc(O)cc1)C(=O)N[C@@H](CCC(N)=O)C(=O)N[C@@H](CCCCN)C(=O)N(C)[C@@H](C)C(=O)N1CCC[C@H]1C(=O)O. The molecule has 0 unspecified atom stereocenters. The van der Waals surface area contributed by atoms with E-state index < -0.39 is 240 Å². The monoisotopic (exact) mass is 1940 g/mol. The van der Waals surface area contributed by atoms with E-state index >= 15 is 0 Å². The minimum atomic E-state index is -1.82. The number of guanidine groups is 1. The Hall–Kier alpha value is -13.9. The van der Waals surface area contributed by atoms with Gasteiger partial charge in [0.1, 0.15) is 114 Å². The normalized spacial score (nSPS) is 15.5. The number of phenols is 4. The van der Waals surface area contributed by atoms with Crippen molar-refractivity contribution in [3.8, 4) is 23.0 Å². The van der Waals surface area contributed by atoms with Crippen LogP contribution in [-0.2, 0) is 114 Å². The molecule has 0 saturated carbocycles. The first-order valence-corrected chi connectivity index (χ1v) is 45.0. The molecule has 2 heterocycles. The van der Waals surface area contributed by atoms with Crippen LogP contribution in [-0.4, -0.2) is 305 Å². The summed E-state index contributed by atoms with van der Waals surface area (Å²) in [6.45, 7) is 2.65. The number of unbranched alkanes of at least 4 members (excludes halogenated alkanes) is 1. The van der Waals surface area contributed by atoms with Crippen LogP contribution in [0.2, 0.25) is 0 Å². The fraction of sp³-hybridized carbons (Fsp3) is 0.483. The van der Waals surface area contributed by atoms with Gasteiger partial charge in [0.2, 0.25) is 94.5 Å². The number of aromatic hydroxyl groups is 4. The number of nitrogens with one attached hydrogen (secondary N) is 16. The van der Waals surface area contributed by atoms with E-state index in [2.05, 4.69) is 110 Å². The Morgan fingerprint density at radius 3 is 1.24 bits per heavy atom. The van der Waals surface area contributed by atoms with Crippen molar-refractivity contribution < 1.29 is 112 Å². The fourth-order valence-electron chi connectivity index (χ4n) is 14.1. The van der Waals surface area contributed by atoms with Crippen LogP contribution in [0.15, 0.2) is 110 Å². The van der Waals surface area contributed by atoms with E-state index in [1.165, 1.54) is 125 Å². The number of carbonyl (C=O) groups excluding carboxylic acids is 16. The van der Waals surface area contributed by atoms with E-state index in [1.54, 1.807) is 12.1 Å². The third-order valence-electron chi connectivity index (χ3n) is 22.0. The Balaban J connectivity index is 1.18. The second-order valence-electron chi connectivity index (χ2n) is 32.6.